The number of para-hydroxylation sites is 1. The highest BCUT2D eigenvalue weighted by molar-refractivity contribution is 7.89. The van der Waals surface area contributed by atoms with Gasteiger partial charge in [0.15, 0.2) is 5.82 Å². The van der Waals surface area contributed by atoms with Gasteiger partial charge in [-0.15, -0.1) is 11.3 Å². The van der Waals surface area contributed by atoms with Gasteiger partial charge in [0.1, 0.15) is 16.9 Å². The van der Waals surface area contributed by atoms with Crippen molar-refractivity contribution in [1.82, 2.24) is 19.2 Å². The number of hydrogen-bond donors (Lipinski definition) is 3. The van der Waals surface area contributed by atoms with E-state index in [9.17, 15) is 13.5 Å². The van der Waals surface area contributed by atoms with Gasteiger partial charge in [0.05, 0.1) is 28.7 Å². The van der Waals surface area contributed by atoms with Crippen LogP contribution in [0.5, 0.6) is 5.75 Å². The van der Waals surface area contributed by atoms with E-state index in [1.807, 2.05) is 47.5 Å². The van der Waals surface area contributed by atoms with Crippen molar-refractivity contribution in [2.45, 2.75) is 17.5 Å². The summed E-state index contributed by atoms with van der Waals surface area (Å²) >= 11 is 1.46. The number of anilines is 5. The van der Waals surface area contributed by atoms with E-state index in [-0.39, 0.29) is 4.90 Å². The lowest BCUT2D eigenvalue weighted by Crippen LogP contribution is -2.41. The molecule has 0 spiro atoms. The second-order valence-corrected chi connectivity index (χ2v) is 13.0. The van der Waals surface area contributed by atoms with E-state index in [0.717, 1.165) is 22.4 Å². The second-order valence-electron chi connectivity index (χ2n) is 9.93. The number of ether oxygens (including phenoxy) is 1. The van der Waals surface area contributed by atoms with Gasteiger partial charge in [0, 0.05) is 32.9 Å². The van der Waals surface area contributed by atoms with Gasteiger partial charge in [0.2, 0.25) is 16.0 Å². The van der Waals surface area contributed by atoms with Crippen LogP contribution in [0.1, 0.15) is 5.56 Å². The smallest absolute Gasteiger partial charge is 0.244 e. The molecule has 2 aromatic carbocycles. The molecule has 0 fully saturated rings. The number of methoxy groups -OCH3 is 1. The topological polar surface area (TPSA) is 123 Å². The fraction of sp³-hybridized carbons (Fsp3) is 0.333. The average Bonchev–Trinajstić information content (AvgIpc) is 3.55. The van der Waals surface area contributed by atoms with E-state index in [0.29, 0.717) is 47.5 Å². The Hall–Kier alpha value is -3.49. The van der Waals surface area contributed by atoms with Crippen LogP contribution in [-0.4, -0.2) is 87.3 Å². The third-order valence-corrected chi connectivity index (χ3v) is 9.45. The largest absolute Gasteiger partial charge is 0.495 e. The van der Waals surface area contributed by atoms with Crippen molar-refractivity contribution < 1.29 is 18.3 Å². The van der Waals surface area contributed by atoms with Gasteiger partial charge in [-0.3, -0.25) is 0 Å². The number of likely N-dealkylation sites (N-methyl/N-ethyl adjacent to an activating group) is 1. The number of rotatable bonds is 10. The summed E-state index contributed by atoms with van der Waals surface area (Å²) in [6, 6.07) is 12.6. The molecule has 11 nitrogen and oxygen atoms in total. The first-order valence-electron chi connectivity index (χ1n) is 12.7. The highest BCUT2D eigenvalue weighted by Gasteiger charge is 2.27. The van der Waals surface area contributed by atoms with Crippen LogP contribution in [0.15, 0.2) is 52.7 Å². The lowest BCUT2D eigenvalue weighted by atomic mass is 10.1. The normalized spacial score (nSPS) is 14.2. The molecule has 1 atom stereocenters. The van der Waals surface area contributed by atoms with Crippen molar-refractivity contribution in [3.8, 4) is 5.75 Å². The van der Waals surface area contributed by atoms with Gasteiger partial charge in [-0.25, -0.2) is 17.7 Å². The van der Waals surface area contributed by atoms with E-state index in [1.54, 1.807) is 31.4 Å². The molecule has 0 radical (unpaired) electrons. The quantitative estimate of drug-likeness (QED) is 0.255. The number of hydrogen-bond acceptors (Lipinski definition) is 11. The fourth-order valence-electron chi connectivity index (χ4n) is 4.68. The maximum absolute atomic E-state index is 13.0. The molecular formula is C27H33N7O4S2. The Balaban J connectivity index is 1.52. The highest BCUT2D eigenvalue weighted by atomic mass is 32.2. The number of sulfonamides is 1. The predicted molar refractivity (Wildman–Crippen MR) is 160 cm³/mol. The lowest BCUT2D eigenvalue weighted by Gasteiger charge is -2.28. The Morgan fingerprint density at radius 2 is 1.88 bits per heavy atom. The first-order valence-corrected chi connectivity index (χ1v) is 15.0. The minimum absolute atomic E-state index is 0.148. The summed E-state index contributed by atoms with van der Waals surface area (Å²) in [6.07, 6.45) is 0.155. The Morgan fingerprint density at radius 1 is 1.10 bits per heavy atom. The molecule has 2 aromatic heterocycles. The van der Waals surface area contributed by atoms with Crippen LogP contribution in [0.2, 0.25) is 0 Å². The van der Waals surface area contributed by atoms with Crippen LogP contribution in [-0.2, 0) is 16.4 Å². The van der Waals surface area contributed by atoms with Gasteiger partial charge in [-0.05, 0) is 61.8 Å². The van der Waals surface area contributed by atoms with E-state index in [2.05, 4.69) is 10.6 Å². The molecule has 0 amide bonds. The van der Waals surface area contributed by atoms with Crippen LogP contribution >= 0.6 is 11.3 Å². The summed E-state index contributed by atoms with van der Waals surface area (Å²) in [7, 11) is 4.78. The van der Waals surface area contributed by atoms with Crippen molar-refractivity contribution in [3.63, 3.8) is 0 Å². The Bertz CT molecular complexity index is 1640. The monoisotopic (exact) mass is 583 g/mol. The molecule has 1 unspecified atom stereocenters. The van der Waals surface area contributed by atoms with Crippen molar-refractivity contribution >= 4 is 60.4 Å². The third kappa shape index (κ3) is 5.43. The zero-order chi connectivity index (χ0) is 28.6. The molecule has 0 aliphatic carbocycles. The van der Waals surface area contributed by atoms with Crippen LogP contribution in [0.3, 0.4) is 0 Å². The molecule has 1 aliphatic heterocycles. The number of benzene rings is 2. The van der Waals surface area contributed by atoms with Crippen LogP contribution < -0.4 is 20.3 Å². The number of nitrogens with one attached hydrogen (secondary N) is 2. The molecule has 3 heterocycles. The molecule has 40 heavy (non-hydrogen) atoms. The van der Waals surface area contributed by atoms with Gasteiger partial charge >= 0.3 is 0 Å². The molecule has 0 saturated carbocycles. The molecule has 4 aromatic rings. The van der Waals surface area contributed by atoms with Crippen molar-refractivity contribution in [1.29, 1.82) is 0 Å². The first-order chi connectivity index (χ1) is 19.1. The van der Waals surface area contributed by atoms with E-state index in [4.69, 9.17) is 14.7 Å². The maximum Gasteiger partial charge on any atom is 0.244 e. The number of aliphatic hydroxyl groups excluding tert-OH is 1. The van der Waals surface area contributed by atoms with Crippen LogP contribution in [0, 0.1) is 0 Å². The summed E-state index contributed by atoms with van der Waals surface area (Å²) in [5.74, 6) is 1.43. The molecule has 13 heteroatoms. The third-order valence-electron chi connectivity index (χ3n) is 6.67. The number of aromatic nitrogens is 2. The van der Waals surface area contributed by atoms with E-state index in [1.165, 1.54) is 29.7 Å². The van der Waals surface area contributed by atoms with Crippen molar-refractivity contribution in [2.75, 3.05) is 63.9 Å². The zero-order valence-corrected chi connectivity index (χ0v) is 24.7. The van der Waals surface area contributed by atoms with Crippen LogP contribution in [0.25, 0.3) is 10.2 Å². The molecule has 0 bridgehead atoms. The maximum atomic E-state index is 13.0. The summed E-state index contributed by atoms with van der Waals surface area (Å²) in [4.78, 5) is 13.5. The average molecular weight is 584 g/mol. The molecule has 5 rings (SSSR count). The summed E-state index contributed by atoms with van der Waals surface area (Å²) in [6.45, 7) is 1.21. The first kappa shape index (κ1) is 28.1. The number of fused-ring (bicyclic) bond motifs is 2. The molecule has 0 saturated heterocycles. The highest BCUT2D eigenvalue weighted by Crippen LogP contribution is 2.40. The SMILES string of the molecule is COc1cc2c(cc1Nc1nc(Nc3ccccc3S(=O)(=O)N(C)C)c3sccc3n1)N(C(O)CN(C)C)CC2. The molecular weight excluding hydrogens is 550 g/mol. The van der Waals surface area contributed by atoms with Crippen LogP contribution in [0.4, 0.5) is 28.8 Å². The number of aliphatic hydroxyl groups is 1. The van der Waals surface area contributed by atoms with Gasteiger partial charge in [0.25, 0.3) is 0 Å². The fourth-order valence-corrected chi connectivity index (χ4v) is 6.50. The predicted octanol–water partition coefficient (Wildman–Crippen LogP) is 3.68. The van der Waals surface area contributed by atoms with E-state index < -0.39 is 16.3 Å². The Morgan fingerprint density at radius 3 is 2.60 bits per heavy atom. The molecule has 212 valence electrons. The Labute approximate surface area is 238 Å². The minimum Gasteiger partial charge on any atom is -0.495 e. The van der Waals surface area contributed by atoms with Crippen molar-refractivity contribution in [3.05, 3.63) is 53.4 Å². The number of thiophene rings is 1. The molecule has 3 N–H and O–H groups in total. The molecule has 1 aliphatic rings. The summed E-state index contributed by atoms with van der Waals surface area (Å²) in [5, 5.41) is 19.3. The van der Waals surface area contributed by atoms with Gasteiger partial charge in [-0.2, -0.15) is 4.98 Å². The zero-order valence-electron chi connectivity index (χ0n) is 23.0. The van der Waals surface area contributed by atoms with Crippen molar-refractivity contribution in [2.24, 2.45) is 0 Å². The standard InChI is InChI=1S/C27H33N7O4S2/c1-32(2)16-24(35)34-12-10-17-14-22(38-5)20(15-21(17)34)30-27-29-19-11-13-39-25(19)26(31-27)28-18-8-6-7-9-23(18)40(36,37)33(3)4/h6-9,11,13-15,24,35H,10,12,16H2,1-5H3,(H2,28,29,30,31). The second kappa shape index (κ2) is 11.2. The van der Waals surface area contributed by atoms with Gasteiger partial charge < -0.3 is 30.3 Å². The van der Waals surface area contributed by atoms with E-state index >= 15 is 0 Å². The van der Waals surface area contributed by atoms with Gasteiger partial charge in [-0.1, -0.05) is 12.1 Å². The Kier molecular flexibility index (Phi) is 7.84. The summed E-state index contributed by atoms with van der Waals surface area (Å²) in [5.41, 5.74) is 3.80. The lowest BCUT2D eigenvalue weighted by molar-refractivity contribution is 0.134. The number of nitrogens with zero attached hydrogens (tertiary/aromatic N) is 5. The minimum atomic E-state index is -3.69. The summed E-state index contributed by atoms with van der Waals surface area (Å²) < 4.78 is 33.6.